The normalized spacial score (nSPS) is 14.4. The van der Waals surface area contributed by atoms with Crippen molar-refractivity contribution >= 4 is 27.6 Å². The van der Waals surface area contributed by atoms with E-state index in [1.54, 1.807) is 20.8 Å². The van der Waals surface area contributed by atoms with Gasteiger partial charge >= 0.3 is 12.3 Å². The van der Waals surface area contributed by atoms with Crippen LogP contribution in [0.5, 0.6) is 0 Å². The first-order chi connectivity index (χ1) is 8.42. The predicted molar refractivity (Wildman–Crippen MR) is 65.8 cm³/mol. The molecule has 1 unspecified atom stereocenters. The van der Waals surface area contributed by atoms with Crippen LogP contribution in [0.2, 0.25) is 0 Å². The molecule has 0 bridgehead atoms. The number of hydrogen-bond donors (Lipinski definition) is 1. The van der Waals surface area contributed by atoms with Crippen molar-refractivity contribution in [3.8, 4) is 0 Å². The Labute approximate surface area is 117 Å². The van der Waals surface area contributed by atoms with E-state index in [2.05, 4.69) is 15.9 Å². The van der Waals surface area contributed by atoms with E-state index >= 15 is 0 Å². The Morgan fingerprint density at radius 1 is 1.21 bits per heavy atom. The molecule has 0 spiro atoms. The fourth-order valence-corrected chi connectivity index (χ4v) is 1.44. The number of carbonyl (C=O) groups excluding carboxylic acids is 2. The molecule has 1 N–H and O–H groups in total. The Morgan fingerprint density at radius 3 is 2.00 bits per heavy atom. The van der Waals surface area contributed by atoms with E-state index in [0.717, 1.165) is 0 Å². The third-order valence-electron chi connectivity index (χ3n) is 2.51. The summed E-state index contributed by atoms with van der Waals surface area (Å²) in [6, 6.07) is -0.949. The molecule has 0 aromatic rings. The lowest BCUT2D eigenvalue weighted by Gasteiger charge is -2.32. The van der Waals surface area contributed by atoms with Crippen molar-refractivity contribution in [1.29, 1.82) is 0 Å². The van der Waals surface area contributed by atoms with Crippen molar-refractivity contribution in [2.24, 2.45) is 5.41 Å². The summed E-state index contributed by atoms with van der Waals surface area (Å²) < 4.78 is 49.8. The van der Waals surface area contributed by atoms with Gasteiger partial charge in [0.25, 0.3) is 5.91 Å². The zero-order valence-electron chi connectivity index (χ0n) is 10.8. The highest BCUT2D eigenvalue weighted by Gasteiger charge is 2.50. The summed E-state index contributed by atoms with van der Waals surface area (Å²) >= 11 is 2.91. The first-order valence-electron chi connectivity index (χ1n) is 5.47. The summed E-state index contributed by atoms with van der Waals surface area (Å²) in [6.07, 6.45) is -4.29. The van der Waals surface area contributed by atoms with Gasteiger partial charge in [0.2, 0.25) is 0 Å². The molecule has 0 heterocycles. The van der Waals surface area contributed by atoms with Crippen molar-refractivity contribution in [2.75, 3.05) is 5.33 Å². The number of ketones is 1. The zero-order valence-corrected chi connectivity index (χ0v) is 12.4. The smallest absolute Gasteiger partial charge is 0.347 e. The van der Waals surface area contributed by atoms with Crippen LogP contribution >= 0.6 is 15.9 Å². The molecular formula is C11H16BrF4NO2. The van der Waals surface area contributed by atoms with Crippen LogP contribution in [0, 0.1) is 5.41 Å². The molecule has 0 aromatic carbocycles. The lowest BCUT2D eigenvalue weighted by Crippen LogP contribution is -2.53. The van der Waals surface area contributed by atoms with E-state index < -0.39 is 29.7 Å². The second-order valence-electron chi connectivity index (χ2n) is 5.19. The van der Waals surface area contributed by atoms with Gasteiger partial charge in [0.15, 0.2) is 0 Å². The number of nitrogens with one attached hydrogen (secondary N) is 1. The molecule has 0 radical (unpaired) electrons. The van der Waals surface area contributed by atoms with Gasteiger partial charge in [-0.2, -0.15) is 8.78 Å². The minimum absolute atomic E-state index is 0.000685. The van der Waals surface area contributed by atoms with E-state index in [0.29, 0.717) is 0 Å². The zero-order chi connectivity index (χ0) is 15.4. The molecule has 0 saturated carbocycles. The molecule has 0 fully saturated rings. The van der Waals surface area contributed by atoms with E-state index in [4.69, 9.17) is 0 Å². The Bertz CT molecular complexity index is 342. The summed E-state index contributed by atoms with van der Waals surface area (Å²) in [7, 11) is 0. The molecule has 0 saturated heterocycles. The van der Waals surface area contributed by atoms with Crippen LogP contribution in [-0.4, -0.2) is 35.4 Å². The maximum absolute atomic E-state index is 12.9. The largest absolute Gasteiger partial charge is 0.383 e. The number of halogens is 5. The van der Waals surface area contributed by atoms with Gasteiger partial charge in [0.05, 0.1) is 5.33 Å². The molecule has 0 aliphatic rings. The molecule has 8 heteroatoms. The SMILES string of the molecule is CC(C)(C)C(CC(=O)CBr)NC(=O)C(F)(F)C(F)F. The summed E-state index contributed by atoms with van der Waals surface area (Å²) in [5, 5.41) is 1.83. The topological polar surface area (TPSA) is 46.2 Å². The van der Waals surface area contributed by atoms with Gasteiger partial charge in [-0.25, -0.2) is 8.78 Å². The molecule has 0 aliphatic carbocycles. The minimum Gasteiger partial charge on any atom is -0.347 e. The maximum Gasteiger partial charge on any atom is 0.383 e. The summed E-state index contributed by atoms with van der Waals surface area (Å²) in [5.74, 6) is -7.15. The van der Waals surface area contributed by atoms with Crippen LogP contribution in [0.25, 0.3) is 0 Å². The molecule has 0 aliphatic heterocycles. The second-order valence-corrected chi connectivity index (χ2v) is 5.75. The number of amides is 1. The fourth-order valence-electron chi connectivity index (χ4n) is 1.21. The molecule has 112 valence electrons. The van der Waals surface area contributed by atoms with Crippen LogP contribution in [0.3, 0.4) is 0 Å². The number of carbonyl (C=O) groups is 2. The van der Waals surface area contributed by atoms with Crippen molar-refractivity contribution in [2.45, 2.75) is 45.6 Å². The van der Waals surface area contributed by atoms with Gasteiger partial charge < -0.3 is 5.32 Å². The predicted octanol–water partition coefficient (Wildman–Crippen LogP) is 2.77. The fraction of sp³-hybridized carbons (Fsp3) is 0.818. The quantitative estimate of drug-likeness (QED) is 0.592. The van der Waals surface area contributed by atoms with Gasteiger partial charge in [0.1, 0.15) is 5.78 Å². The van der Waals surface area contributed by atoms with E-state index in [9.17, 15) is 27.2 Å². The molecular weight excluding hydrogens is 334 g/mol. The highest BCUT2D eigenvalue weighted by Crippen LogP contribution is 2.27. The van der Waals surface area contributed by atoms with Crippen molar-refractivity contribution in [3.05, 3.63) is 0 Å². The lowest BCUT2D eigenvalue weighted by atomic mass is 9.83. The van der Waals surface area contributed by atoms with Gasteiger partial charge in [-0.05, 0) is 5.41 Å². The monoisotopic (exact) mass is 349 g/mol. The molecule has 19 heavy (non-hydrogen) atoms. The van der Waals surface area contributed by atoms with Crippen LogP contribution in [0.1, 0.15) is 27.2 Å². The standard InChI is InChI=1S/C11H16BrF4NO2/c1-10(2,3)7(4-6(18)5-12)17-9(19)11(15,16)8(13)14/h7-8H,4-5H2,1-3H3,(H,17,19). The van der Waals surface area contributed by atoms with Crippen molar-refractivity contribution in [3.63, 3.8) is 0 Å². The van der Waals surface area contributed by atoms with Gasteiger partial charge in [-0.15, -0.1) is 0 Å². The van der Waals surface area contributed by atoms with Crippen LogP contribution in [0.15, 0.2) is 0 Å². The summed E-state index contributed by atoms with van der Waals surface area (Å²) in [4.78, 5) is 22.5. The highest BCUT2D eigenvalue weighted by atomic mass is 79.9. The van der Waals surface area contributed by atoms with E-state index in [1.807, 2.05) is 5.32 Å². The Balaban J connectivity index is 4.94. The van der Waals surface area contributed by atoms with E-state index in [-0.39, 0.29) is 17.5 Å². The van der Waals surface area contributed by atoms with Crippen LogP contribution < -0.4 is 5.32 Å². The lowest BCUT2D eigenvalue weighted by molar-refractivity contribution is -0.170. The number of hydrogen-bond acceptors (Lipinski definition) is 2. The second kappa shape index (κ2) is 6.67. The van der Waals surface area contributed by atoms with E-state index in [1.165, 1.54) is 0 Å². The van der Waals surface area contributed by atoms with Gasteiger partial charge in [-0.3, -0.25) is 9.59 Å². The third-order valence-corrected chi connectivity index (χ3v) is 3.13. The van der Waals surface area contributed by atoms with Crippen LogP contribution in [0.4, 0.5) is 17.6 Å². The first kappa shape index (κ1) is 18.3. The maximum atomic E-state index is 12.9. The van der Waals surface area contributed by atoms with Gasteiger partial charge in [-0.1, -0.05) is 36.7 Å². The van der Waals surface area contributed by atoms with Gasteiger partial charge in [0, 0.05) is 12.5 Å². The first-order valence-corrected chi connectivity index (χ1v) is 6.59. The average Bonchev–Trinajstić information content (AvgIpc) is 2.25. The van der Waals surface area contributed by atoms with Crippen molar-refractivity contribution in [1.82, 2.24) is 5.32 Å². The highest BCUT2D eigenvalue weighted by molar-refractivity contribution is 9.09. The molecule has 0 aromatic heterocycles. The number of Topliss-reactive ketones (excluding diaryl/α,β-unsaturated/α-hetero) is 1. The third kappa shape index (κ3) is 5.46. The Hall–Kier alpha value is -0.660. The minimum atomic E-state index is -4.76. The number of alkyl halides is 5. The molecule has 3 nitrogen and oxygen atoms in total. The molecule has 1 amide bonds. The summed E-state index contributed by atoms with van der Waals surface area (Å²) in [5.41, 5.74) is -0.717. The summed E-state index contributed by atoms with van der Waals surface area (Å²) in [6.45, 7) is 4.83. The van der Waals surface area contributed by atoms with Crippen molar-refractivity contribution < 1.29 is 27.2 Å². The Kier molecular flexibility index (Phi) is 6.44. The number of rotatable bonds is 6. The molecule has 1 atom stereocenters. The Morgan fingerprint density at radius 2 is 1.68 bits per heavy atom. The van der Waals surface area contributed by atoms with Crippen LogP contribution in [-0.2, 0) is 9.59 Å². The molecule has 0 rings (SSSR count). The average molecular weight is 350 g/mol.